The summed E-state index contributed by atoms with van der Waals surface area (Å²) < 4.78 is 14.6. The maximum absolute atomic E-state index is 13.2. The topological polar surface area (TPSA) is 0 Å². The third kappa shape index (κ3) is 2.77. The van der Waals surface area contributed by atoms with Crippen molar-refractivity contribution in [2.45, 2.75) is 5.38 Å². The molecule has 1 aromatic carbocycles. The Morgan fingerprint density at radius 2 is 2.00 bits per heavy atom. The highest BCUT2D eigenvalue weighted by Crippen LogP contribution is 2.36. The lowest BCUT2D eigenvalue weighted by molar-refractivity contribution is 0.625. The highest BCUT2D eigenvalue weighted by atomic mass is 79.9. The van der Waals surface area contributed by atoms with Crippen LogP contribution < -0.4 is 0 Å². The highest BCUT2D eigenvalue weighted by molar-refractivity contribution is 9.10. The summed E-state index contributed by atoms with van der Waals surface area (Å²) in [5.74, 6) is -0.308. The summed E-state index contributed by atoms with van der Waals surface area (Å²) >= 11 is 16.7. The molecule has 5 heteroatoms. The molecule has 1 atom stereocenters. The van der Waals surface area contributed by atoms with Crippen LogP contribution in [0.25, 0.3) is 0 Å². The summed E-state index contributed by atoms with van der Waals surface area (Å²) in [6.07, 6.45) is 0. The summed E-state index contributed by atoms with van der Waals surface area (Å²) in [6.45, 7) is 0. The minimum Gasteiger partial charge on any atom is -0.207 e. The van der Waals surface area contributed by atoms with Crippen molar-refractivity contribution in [1.82, 2.24) is 0 Å². The SMILES string of the molecule is Fc1cc(Br)cc(C(Cl)c2ccc(Cl)s2)c1. The first-order valence-corrected chi connectivity index (χ1v) is 6.84. The summed E-state index contributed by atoms with van der Waals surface area (Å²) in [7, 11) is 0. The third-order valence-corrected chi connectivity index (χ3v) is 4.39. The molecule has 1 heterocycles. The van der Waals surface area contributed by atoms with Crippen molar-refractivity contribution in [3.8, 4) is 0 Å². The van der Waals surface area contributed by atoms with Crippen molar-refractivity contribution in [1.29, 1.82) is 0 Å². The molecule has 0 bridgehead atoms. The molecular formula is C11H6BrCl2FS. The Labute approximate surface area is 115 Å². The van der Waals surface area contributed by atoms with E-state index in [9.17, 15) is 4.39 Å². The quantitative estimate of drug-likeness (QED) is 0.622. The van der Waals surface area contributed by atoms with Crippen LogP contribution in [0, 0.1) is 5.82 Å². The molecule has 0 saturated heterocycles. The third-order valence-electron chi connectivity index (χ3n) is 2.02. The van der Waals surface area contributed by atoms with E-state index in [2.05, 4.69) is 15.9 Å². The van der Waals surface area contributed by atoms with Gasteiger partial charge < -0.3 is 0 Å². The van der Waals surface area contributed by atoms with Crippen molar-refractivity contribution < 1.29 is 4.39 Å². The molecule has 0 aliphatic heterocycles. The first-order valence-electron chi connectivity index (χ1n) is 4.41. The van der Waals surface area contributed by atoms with Crippen LogP contribution in [0.4, 0.5) is 4.39 Å². The standard InChI is InChI=1S/C11H6BrCl2FS/c12-7-3-6(4-8(15)5-7)11(14)9-1-2-10(13)16-9/h1-5,11H. The maximum atomic E-state index is 13.2. The molecule has 0 saturated carbocycles. The average Bonchev–Trinajstić information content (AvgIpc) is 2.62. The summed E-state index contributed by atoms with van der Waals surface area (Å²) in [5.41, 5.74) is 0.715. The molecule has 0 N–H and O–H groups in total. The van der Waals surface area contributed by atoms with Crippen molar-refractivity contribution in [2.75, 3.05) is 0 Å². The van der Waals surface area contributed by atoms with E-state index in [0.717, 1.165) is 4.88 Å². The highest BCUT2D eigenvalue weighted by Gasteiger charge is 2.14. The van der Waals surface area contributed by atoms with E-state index in [1.165, 1.54) is 23.5 Å². The van der Waals surface area contributed by atoms with E-state index < -0.39 is 0 Å². The van der Waals surface area contributed by atoms with Gasteiger partial charge in [-0.15, -0.1) is 22.9 Å². The molecule has 0 aliphatic rings. The van der Waals surface area contributed by atoms with E-state index >= 15 is 0 Å². The van der Waals surface area contributed by atoms with Gasteiger partial charge >= 0.3 is 0 Å². The Hall–Kier alpha value is -0.0900. The van der Waals surface area contributed by atoms with Gasteiger partial charge in [-0.1, -0.05) is 27.5 Å². The molecule has 0 spiro atoms. The van der Waals surface area contributed by atoms with E-state index in [0.29, 0.717) is 14.4 Å². The van der Waals surface area contributed by atoms with Crippen molar-refractivity contribution in [2.24, 2.45) is 0 Å². The van der Waals surface area contributed by atoms with Gasteiger partial charge in [0, 0.05) is 9.35 Å². The van der Waals surface area contributed by atoms with Gasteiger partial charge in [-0.25, -0.2) is 4.39 Å². The van der Waals surface area contributed by atoms with Gasteiger partial charge in [0.05, 0.1) is 9.71 Å². The summed E-state index contributed by atoms with van der Waals surface area (Å²) in [6, 6.07) is 8.26. The first kappa shape index (κ1) is 12.4. The minimum atomic E-state index is -0.371. The van der Waals surface area contributed by atoms with E-state index in [1.807, 2.05) is 6.07 Å². The number of alkyl halides is 1. The number of hydrogen-bond acceptors (Lipinski definition) is 1. The van der Waals surface area contributed by atoms with Gasteiger partial charge in [-0.2, -0.15) is 0 Å². The van der Waals surface area contributed by atoms with Crippen LogP contribution in [0.1, 0.15) is 15.8 Å². The fourth-order valence-electron chi connectivity index (χ4n) is 1.35. The molecule has 2 aromatic rings. The lowest BCUT2D eigenvalue weighted by Gasteiger charge is -2.08. The Morgan fingerprint density at radius 1 is 1.25 bits per heavy atom. The van der Waals surface area contributed by atoms with Gasteiger partial charge in [0.25, 0.3) is 0 Å². The number of hydrogen-bond donors (Lipinski definition) is 0. The van der Waals surface area contributed by atoms with Gasteiger partial charge in [-0.3, -0.25) is 0 Å². The van der Waals surface area contributed by atoms with Crippen LogP contribution in [0.5, 0.6) is 0 Å². The predicted molar refractivity (Wildman–Crippen MR) is 71.1 cm³/mol. The van der Waals surface area contributed by atoms with Crippen molar-refractivity contribution in [3.63, 3.8) is 0 Å². The number of thiophene rings is 1. The lowest BCUT2D eigenvalue weighted by atomic mass is 10.1. The van der Waals surface area contributed by atoms with Gasteiger partial charge in [0.2, 0.25) is 0 Å². The summed E-state index contributed by atoms with van der Waals surface area (Å²) in [5, 5.41) is -0.371. The normalized spacial score (nSPS) is 12.8. The molecule has 0 nitrogen and oxygen atoms in total. The van der Waals surface area contributed by atoms with Crippen molar-refractivity contribution in [3.05, 3.63) is 55.4 Å². The largest absolute Gasteiger partial charge is 0.207 e. The zero-order chi connectivity index (χ0) is 11.7. The number of halogens is 4. The fourth-order valence-corrected chi connectivity index (χ4v) is 3.23. The molecule has 1 unspecified atom stereocenters. The second-order valence-electron chi connectivity index (χ2n) is 3.21. The smallest absolute Gasteiger partial charge is 0.124 e. The first-order chi connectivity index (χ1) is 7.56. The van der Waals surface area contributed by atoms with Crippen molar-refractivity contribution >= 4 is 50.5 Å². The molecule has 0 fully saturated rings. The Kier molecular flexibility index (Phi) is 3.90. The number of benzene rings is 1. The molecule has 0 amide bonds. The Balaban J connectivity index is 2.37. The lowest BCUT2D eigenvalue weighted by Crippen LogP contribution is -1.91. The second kappa shape index (κ2) is 5.05. The Bertz CT molecular complexity index is 492. The van der Waals surface area contributed by atoms with Crippen LogP contribution in [0.15, 0.2) is 34.8 Å². The number of rotatable bonds is 2. The zero-order valence-corrected chi connectivity index (χ0v) is 11.8. The monoisotopic (exact) mass is 338 g/mol. The molecule has 84 valence electrons. The van der Waals surface area contributed by atoms with Crippen LogP contribution in [-0.2, 0) is 0 Å². The molecule has 2 rings (SSSR count). The van der Waals surface area contributed by atoms with E-state index in [1.54, 1.807) is 12.1 Å². The van der Waals surface area contributed by atoms with Gasteiger partial charge in [-0.05, 0) is 35.9 Å². The fraction of sp³-hybridized carbons (Fsp3) is 0.0909. The summed E-state index contributed by atoms with van der Waals surface area (Å²) in [4.78, 5) is 0.907. The van der Waals surface area contributed by atoms with Crippen LogP contribution in [-0.4, -0.2) is 0 Å². The minimum absolute atomic E-state index is 0.308. The molecule has 0 aliphatic carbocycles. The Morgan fingerprint density at radius 3 is 2.56 bits per heavy atom. The van der Waals surface area contributed by atoms with E-state index in [4.69, 9.17) is 23.2 Å². The second-order valence-corrected chi connectivity index (χ2v) is 6.31. The molecule has 16 heavy (non-hydrogen) atoms. The van der Waals surface area contributed by atoms with Gasteiger partial charge in [0.15, 0.2) is 0 Å². The van der Waals surface area contributed by atoms with Gasteiger partial charge in [0.1, 0.15) is 5.82 Å². The van der Waals surface area contributed by atoms with Crippen LogP contribution in [0.2, 0.25) is 4.34 Å². The molecule has 1 aromatic heterocycles. The molecule has 0 radical (unpaired) electrons. The van der Waals surface area contributed by atoms with Crippen LogP contribution >= 0.6 is 50.5 Å². The maximum Gasteiger partial charge on any atom is 0.124 e. The van der Waals surface area contributed by atoms with Crippen LogP contribution in [0.3, 0.4) is 0 Å². The zero-order valence-electron chi connectivity index (χ0n) is 7.88. The predicted octanol–water partition coefficient (Wildman–Crippen LogP) is 5.63. The molecular weight excluding hydrogens is 334 g/mol. The van der Waals surface area contributed by atoms with E-state index in [-0.39, 0.29) is 11.2 Å². The average molecular weight is 340 g/mol.